The van der Waals surface area contributed by atoms with Crippen LogP contribution < -0.4 is 5.32 Å². The molecule has 1 N–H and O–H groups in total. The van der Waals surface area contributed by atoms with Gasteiger partial charge in [-0.25, -0.2) is 4.98 Å². The van der Waals surface area contributed by atoms with Crippen LogP contribution in [0.5, 0.6) is 0 Å². The number of carbonyl (C=O) groups excluding carboxylic acids is 1. The minimum Gasteiger partial charge on any atom is -0.355 e. The van der Waals surface area contributed by atoms with Crippen molar-refractivity contribution >= 4 is 28.8 Å². The summed E-state index contributed by atoms with van der Waals surface area (Å²) < 4.78 is 0. The highest BCUT2D eigenvalue weighted by Crippen LogP contribution is 2.41. The van der Waals surface area contributed by atoms with Crippen LogP contribution >= 0.6 is 22.9 Å². The van der Waals surface area contributed by atoms with Crippen LogP contribution in [-0.2, 0) is 16.6 Å². The molecule has 1 fully saturated rings. The molecule has 1 saturated carbocycles. The summed E-state index contributed by atoms with van der Waals surface area (Å²) in [5.41, 5.74) is 2.75. The first kappa shape index (κ1) is 20.0. The predicted molar refractivity (Wildman–Crippen MR) is 118 cm³/mol. The highest BCUT2D eigenvalue weighted by atomic mass is 35.5. The average molecular weight is 426 g/mol. The van der Waals surface area contributed by atoms with Crippen LogP contribution in [0, 0.1) is 0 Å². The molecule has 0 saturated heterocycles. The monoisotopic (exact) mass is 425 g/mol. The van der Waals surface area contributed by atoms with Gasteiger partial charge in [-0.1, -0.05) is 36.6 Å². The summed E-state index contributed by atoms with van der Waals surface area (Å²) in [5.74, 6) is 0.147. The van der Waals surface area contributed by atoms with Crippen LogP contribution in [0.25, 0.3) is 11.3 Å². The molecule has 4 nitrogen and oxygen atoms in total. The molecule has 0 bridgehead atoms. The first-order chi connectivity index (χ1) is 14.2. The van der Waals surface area contributed by atoms with Gasteiger partial charge in [-0.3, -0.25) is 9.78 Å². The lowest BCUT2D eigenvalue weighted by Crippen LogP contribution is -2.43. The number of aromatic nitrogens is 2. The molecule has 2 aromatic heterocycles. The molecule has 0 unspecified atom stereocenters. The molecular weight excluding hydrogens is 402 g/mol. The average Bonchev–Trinajstić information content (AvgIpc) is 3.43. The van der Waals surface area contributed by atoms with E-state index >= 15 is 0 Å². The number of nitrogens with zero attached hydrogens (tertiary/aromatic N) is 2. The van der Waals surface area contributed by atoms with E-state index in [9.17, 15) is 4.79 Å². The summed E-state index contributed by atoms with van der Waals surface area (Å²) in [5, 5.41) is 7.07. The highest BCUT2D eigenvalue weighted by Gasteiger charge is 2.42. The highest BCUT2D eigenvalue weighted by molar-refractivity contribution is 7.09. The van der Waals surface area contributed by atoms with Gasteiger partial charge in [-0.05, 0) is 49.1 Å². The summed E-state index contributed by atoms with van der Waals surface area (Å²) >= 11 is 7.71. The summed E-state index contributed by atoms with van der Waals surface area (Å²) in [6, 6.07) is 11.7. The second-order valence-electron chi connectivity index (χ2n) is 7.52. The lowest BCUT2D eigenvalue weighted by molar-refractivity contribution is -0.126. The van der Waals surface area contributed by atoms with Gasteiger partial charge in [0.15, 0.2) is 0 Å². The number of halogens is 1. The maximum Gasteiger partial charge on any atom is 0.230 e. The van der Waals surface area contributed by atoms with Crippen LogP contribution in [0.3, 0.4) is 0 Å². The minimum atomic E-state index is -0.402. The lowest BCUT2D eigenvalue weighted by Gasteiger charge is -2.28. The number of amides is 1. The zero-order chi connectivity index (χ0) is 20.1. The van der Waals surface area contributed by atoms with Crippen LogP contribution in [0.1, 0.15) is 42.7 Å². The topological polar surface area (TPSA) is 54.9 Å². The Bertz CT molecular complexity index is 950. The van der Waals surface area contributed by atoms with Gasteiger partial charge in [0.2, 0.25) is 5.91 Å². The van der Waals surface area contributed by atoms with Gasteiger partial charge in [0.05, 0.1) is 16.1 Å². The SMILES string of the molecule is O=C(NCCCc1nc(-c2ccncc2)cs1)C1(c2ccc(Cl)cc2)CCCC1. The molecule has 1 aromatic carbocycles. The Morgan fingerprint density at radius 3 is 2.55 bits per heavy atom. The summed E-state index contributed by atoms with van der Waals surface area (Å²) in [6.45, 7) is 0.665. The summed E-state index contributed by atoms with van der Waals surface area (Å²) in [7, 11) is 0. The number of hydrogen-bond acceptors (Lipinski definition) is 4. The number of thiazole rings is 1. The fraction of sp³-hybridized carbons (Fsp3) is 0.348. The number of carbonyl (C=O) groups is 1. The number of pyridine rings is 1. The third-order valence-electron chi connectivity index (χ3n) is 5.67. The molecular formula is C23H24ClN3OS. The van der Waals surface area contributed by atoms with Gasteiger partial charge in [0.1, 0.15) is 0 Å². The van der Waals surface area contributed by atoms with Crippen molar-refractivity contribution < 1.29 is 4.79 Å². The van der Waals surface area contributed by atoms with Crippen molar-refractivity contribution in [2.24, 2.45) is 0 Å². The van der Waals surface area contributed by atoms with Crippen molar-refractivity contribution in [3.05, 3.63) is 69.8 Å². The van der Waals surface area contributed by atoms with Crippen molar-refractivity contribution in [1.29, 1.82) is 0 Å². The van der Waals surface area contributed by atoms with E-state index in [1.165, 1.54) is 0 Å². The lowest BCUT2D eigenvalue weighted by atomic mass is 9.78. The first-order valence-electron chi connectivity index (χ1n) is 10.1. The van der Waals surface area contributed by atoms with Gasteiger partial charge in [0, 0.05) is 41.3 Å². The zero-order valence-electron chi connectivity index (χ0n) is 16.2. The van der Waals surface area contributed by atoms with Crippen LogP contribution in [0.15, 0.2) is 54.2 Å². The minimum absolute atomic E-state index is 0.147. The third kappa shape index (κ3) is 4.51. The Morgan fingerprint density at radius 1 is 1.10 bits per heavy atom. The van der Waals surface area contributed by atoms with Gasteiger partial charge in [-0.2, -0.15) is 0 Å². The molecule has 3 aromatic rings. The normalized spacial score (nSPS) is 15.3. The van der Waals surface area contributed by atoms with E-state index in [0.717, 1.165) is 60.4 Å². The zero-order valence-corrected chi connectivity index (χ0v) is 17.8. The molecule has 1 amide bonds. The maximum absolute atomic E-state index is 13.1. The Balaban J connectivity index is 1.32. The Morgan fingerprint density at radius 2 is 1.83 bits per heavy atom. The molecule has 0 radical (unpaired) electrons. The molecule has 6 heteroatoms. The Labute approximate surface area is 180 Å². The van der Waals surface area contributed by atoms with Crippen molar-refractivity contribution in [1.82, 2.24) is 15.3 Å². The van der Waals surface area contributed by atoms with Gasteiger partial charge < -0.3 is 5.32 Å². The van der Waals surface area contributed by atoms with Crippen LogP contribution in [0.2, 0.25) is 5.02 Å². The fourth-order valence-electron chi connectivity index (χ4n) is 4.09. The Hall–Kier alpha value is -2.24. The number of nitrogens with one attached hydrogen (secondary N) is 1. The van der Waals surface area contributed by atoms with E-state index in [1.54, 1.807) is 23.7 Å². The van der Waals surface area contributed by atoms with Gasteiger partial charge in [0.25, 0.3) is 0 Å². The van der Waals surface area contributed by atoms with Crippen molar-refractivity contribution in [2.75, 3.05) is 6.54 Å². The molecule has 150 valence electrons. The quantitative estimate of drug-likeness (QED) is 0.514. The molecule has 29 heavy (non-hydrogen) atoms. The van der Waals surface area contributed by atoms with Crippen molar-refractivity contribution in [3.63, 3.8) is 0 Å². The maximum atomic E-state index is 13.1. The van der Waals surface area contributed by atoms with Crippen LogP contribution in [-0.4, -0.2) is 22.4 Å². The number of rotatable bonds is 7. The molecule has 0 spiro atoms. The van der Waals surface area contributed by atoms with E-state index in [0.29, 0.717) is 11.6 Å². The molecule has 1 aliphatic carbocycles. The van der Waals surface area contributed by atoms with Crippen LogP contribution in [0.4, 0.5) is 0 Å². The summed E-state index contributed by atoms with van der Waals surface area (Å²) in [6.07, 6.45) is 9.30. The van der Waals surface area contributed by atoms with Gasteiger partial charge in [-0.15, -0.1) is 11.3 Å². The second kappa shape index (κ2) is 9.06. The molecule has 4 rings (SSSR count). The molecule has 0 atom stereocenters. The molecule has 1 aliphatic rings. The molecule has 2 heterocycles. The molecule has 0 aliphatic heterocycles. The fourth-order valence-corrected chi connectivity index (χ4v) is 5.06. The second-order valence-corrected chi connectivity index (χ2v) is 8.90. The van der Waals surface area contributed by atoms with Crippen molar-refractivity contribution in [2.45, 2.75) is 43.9 Å². The largest absolute Gasteiger partial charge is 0.355 e. The van der Waals surface area contributed by atoms with E-state index in [-0.39, 0.29) is 5.91 Å². The van der Waals surface area contributed by atoms with E-state index in [1.807, 2.05) is 36.4 Å². The third-order valence-corrected chi connectivity index (χ3v) is 6.83. The number of hydrogen-bond donors (Lipinski definition) is 1. The first-order valence-corrected chi connectivity index (χ1v) is 11.3. The van der Waals surface area contributed by atoms with Gasteiger partial charge >= 0.3 is 0 Å². The standard InChI is InChI=1S/C23H24ClN3OS/c24-19-7-5-18(6-8-19)23(11-1-2-12-23)22(28)26-13-3-4-21-27-20(16-29-21)17-9-14-25-15-10-17/h5-10,14-16H,1-4,11-13H2,(H,26,28). The van der Waals surface area contributed by atoms with E-state index < -0.39 is 5.41 Å². The Kier molecular flexibility index (Phi) is 6.26. The summed E-state index contributed by atoms with van der Waals surface area (Å²) in [4.78, 5) is 21.8. The van der Waals surface area contributed by atoms with E-state index in [4.69, 9.17) is 16.6 Å². The number of benzene rings is 1. The van der Waals surface area contributed by atoms with E-state index in [2.05, 4.69) is 15.7 Å². The number of aryl methyl sites for hydroxylation is 1. The smallest absolute Gasteiger partial charge is 0.230 e. The van der Waals surface area contributed by atoms with Crippen molar-refractivity contribution in [3.8, 4) is 11.3 Å². The predicted octanol–water partition coefficient (Wildman–Crippen LogP) is 5.42.